The van der Waals surface area contributed by atoms with Gasteiger partial charge >= 0.3 is 0 Å². The molecule has 0 atom stereocenters. The van der Waals surface area contributed by atoms with E-state index in [0.29, 0.717) is 11.5 Å². The minimum absolute atomic E-state index is 0.106. The molecule has 1 amide bonds. The van der Waals surface area contributed by atoms with Crippen LogP contribution in [0, 0.1) is 0 Å². The van der Waals surface area contributed by atoms with Gasteiger partial charge in [0.1, 0.15) is 0 Å². The van der Waals surface area contributed by atoms with Crippen LogP contribution in [-0.2, 0) is 0 Å². The van der Waals surface area contributed by atoms with Crippen LogP contribution >= 0.6 is 15.9 Å². The molecule has 5 aromatic rings. The first-order valence-corrected chi connectivity index (χ1v) is 10.6. The average molecular weight is 469 g/mol. The van der Waals surface area contributed by atoms with E-state index in [-0.39, 0.29) is 11.7 Å². The Morgan fingerprint density at radius 1 is 0.806 bits per heavy atom. The lowest BCUT2D eigenvalue weighted by molar-refractivity contribution is 0.101. The molecule has 5 nitrogen and oxygen atoms in total. The molecule has 0 aliphatic carbocycles. The van der Waals surface area contributed by atoms with Crippen molar-refractivity contribution >= 4 is 38.3 Å². The number of aromatic nitrogens is 3. The third kappa shape index (κ3) is 3.98. The molecule has 4 aromatic carbocycles. The fourth-order valence-electron chi connectivity index (χ4n) is 3.40. The molecule has 0 saturated heterocycles. The number of benzene rings is 4. The first-order valence-electron chi connectivity index (χ1n) is 9.76. The van der Waals surface area contributed by atoms with Gasteiger partial charge in [0.25, 0.3) is 5.91 Å². The summed E-state index contributed by atoms with van der Waals surface area (Å²) in [4.78, 5) is 17.5. The maximum Gasteiger partial charge on any atom is 0.295 e. The van der Waals surface area contributed by atoms with Crippen LogP contribution in [0.2, 0.25) is 0 Å². The maximum absolute atomic E-state index is 13.0. The van der Waals surface area contributed by atoms with Crippen molar-refractivity contribution in [3.8, 4) is 17.1 Å². The lowest BCUT2D eigenvalue weighted by Crippen LogP contribution is -2.14. The summed E-state index contributed by atoms with van der Waals surface area (Å²) in [5, 5.41) is 9.61. The highest BCUT2D eigenvalue weighted by molar-refractivity contribution is 9.10. The summed E-state index contributed by atoms with van der Waals surface area (Å²) in [5.74, 6) is 0.352. The highest BCUT2D eigenvalue weighted by Crippen LogP contribution is 2.23. The highest BCUT2D eigenvalue weighted by Gasteiger charge is 2.19. The van der Waals surface area contributed by atoms with Gasteiger partial charge in [0.2, 0.25) is 5.82 Å². The number of hydrogen-bond donors (Lipinski definition) is 1. The van der Waals surface area contributed by atoms with Crippen LogP contribution in [0.3, 0.4) is 0 Å². The molecule has 1 aromatic heterocycles. The summed E-state index contributed by atoms with van der Waals surface area (Å²) < 4.78 is 2.66. The van der Waals surface area contributed by atoms with Gasteiger partial charge in [-0.2, -0.15) is 0 Å². The van der Waals surface area contributed by atoms with Crippen LogP contribution < -0.4 is 5.32 Å². The van der Waals surface area contributed by atoms with Crippen molar-refractivity contribution in [2.45, 2.75) is 0 Å². The van der Waals surface area contributed by atoms with Gasteiger partial charge in [0.05, 0.1) is 5.69 Å². The second kappa shape index (κ2) is 8.16. The number of carbonyl (C=O) groups excluding carboxylic acids is 1. The maximum atomic E-state index is 13.0. The summed E-state index contributed by atoms with van der Waals surface area (Å²) in [6.07, 6.45) is 0. The lowest BCUT2D eigenvalue weighted by Gasteiger charge is -2.06. The Morgan fingerprint density at radius 3 is 2.29 bits per heavy atom. The fourth-order valence-corrected chi connectivity index (χ4v) is 3.66. The second-order valence-corrected chi connectivity index (χ2v) is 7.94. The monoisotopic (exact) mass is 468 g/mol. The number of nitrogens with zero attached hydrogens (tertiary/aromatic N) is 3. The Balaban J connectivity index is 1.52. The van der Waals surface area contributed by atoms with E-state index < -0.39 is 0 Å². The van der Waals surface area contributed by atoms with Crippen LogP contribution in [0.15, 0.2) is 102 Å². The van der Waals surface area contributed by atoms with E-state index in [1.54, 1.807) is 4.68 Å². The Hall–Kier alpha value is -3.77. The van der Waals surface area contributed by atoms with E-state index >= 15 is 0 Å². The van der Waals surface area contributed by atoms with Gasteiger partial charge in [-0.05, 0) is 47.2 Å². The Labute approximate surface area is 187 Å². The van der Waals surface area contributed by atoms with E-state index in [1.165, 1.54) is 0 Å². The van der Waals surface area contributed by atoms with Gasteiger partial charge in [0.15, 0.2) is 5.82 Å². The Kier molecular flexibility index (Phi) is 5.06. The molecule has 0 aliphatic rings. The number of anilines is 1. The molecule has 1 heterocycles. The van der Waals surface area contributed by atoms with Crippen molar-refractivity contribution in [2.24, 2.45) is 0 Å². The zero-order valence-corrected chi connectivity index (χ0v) is 18.0. The molecular weight excluding hydrogens is 452 g/mol. The number of nitrogens with one attached hydrogen (secondary N) is 1. The van der Waals surface area contributed by atoms with Crippen LogP contribution in [0.25, 0.3) is 27.8 Å². The molecule has 0 fully saturated rings. The third-order valence-electron chi connectivity index (χ3n) is 4.92. The van der Waals surface area contributed by atoms with Gasteiger partial charge in [-0.25, -0.2) is 9.67 Å². The summed E-state index contributed by atoms with van der Waals surface area (Å²) in [6.45, 7) is 0. The van der Waals surface area contributed by atoms with Crippen molar-refractivity contribution in [1.29, 1.82) is 0 Å². The number of amides is 1. The topological polar surface area (TPSA) is 59.8 Å². The van der Waals surface area contributed by atoms with Crippen molar-refractivity contribution in [3.63, 3.8) is 0 Å². The third-order valence-corrected chi connectivity index (χ3v) is 5.45. The normalized spacial score (nSPS) is 10.9. The predicted octanol–water partition coefficient (Wildman–Crippen LogP) is 6.10. The summed E-state index contributed by atoms with van der Waals surface area (Å²) in [7, 11) is 0. The zero-order valence-electron chi connectivity index (χ0n) is 16.4. The molecule has 31 heavy (non-hydrogen) atoms. The van der Waals surface area contributed by atoms with Gasteiger partial charge in [-0.15, -0.1) is 5.10 Å². The lowest BCUT2D eigenvalue weighted by atomic mass is 10.1. The van der Waals surface area contributed by atoms with Gasteiger partial charge in [-0.1, -0.05) is 76.6 Å². The molecular formula is C25H17BrN4O. The van der Waals surface area contributed by atoms with Gasteiger partial charge < -0.3 is 5.32 Å². The molecule has 0 saturated carbocycles. The van der Waals surface area contributed by atoms with E-state index in [4.69, 9.17) is 0 Å². The molecule has 1 N–H and O–H groups in total. The number of fused-ring (bicyclic) bond motifs is 1. The number of halogens is 1. The SMILES string of the molecule is O=C(Nc1ccc2ccccc2c1)c1nc(-c2ccccc2)n(-c2ccc(Br)cc2)n1. The van der Waals surface area contributed by atoms with Crippen LogP contribution in [-0.4, -0.2) is 20.7 Å². The number of carbonyl (C=O) groups is 1. The Morgan fingerprint density at radius 2 is 1.52 bits per heavy atom. The summed E-state index contributed by atoms with van der Waals surface area (Å²) >= 11 is 3.45. The van der Waals surface area contributed by atoms with Crippen LogP contribution in [0.1, 0.15) is 10.6 Å². The summed E-state index contributed by atoms with van der Waals surface area (Å²) in [6, 6.07) is 31.2. The molecule has 0 aliphatic heterocycles. The first kappa shape index (κ1) is 19.2. The van der Waals surface area contributed by atoms with Crippen molar-refractivity contribution < 1.29 is 4.79 Å². The highest BCUT2D eigenvalue weighted by atomic mass is 79.9. The fraction of sp³-hybridized carbons (Fsp3) is 0. The molecule has 150 valence electrons. The predicted molar refractivity (Wildman–Crippen MR) is 126 cm³/mol. The van der Waals surface area contributed by atoms with E-state index in [1.807, 2.05) is 97.1 Å². The van der Waals surface area contributed by atoms with E-state index in [0.717, 1.165) is 26.5 Å². The molecule has 0 bridgehead atoms. The zero-order chi connectivity index (χ0) is 21.2. The smallest absolute Gasteiger partial charge is 0.295 e. The average Bonchev–Trinajstić information content (AvgIpc) is 3.26. The minimum atomic E-state index is -0.358. The van der Waals surface area contributed by atoms with Crippen molar-refractivity contribution in [1.82, 2.24) is 14.8 Å². The number of hydrogen-bond acceptors (Lipinski definition) is 3. The van der Waals surface area contributed by atoms with Gasteiger partial charge in [-0.3, -0.25) is 4.79 Å². The van der Waals surface area contributed by atoms with E-state index in [9.17, 15) is 4.79 Å². The molecule has 0 unspecified atom stereocenters. The van der Waals surface area contributed by atoms with Crippen LogP contribution in [0.4, 0.5) is 5.69 Å². The standard InChI is InChI=1S/C25H17BrN4O/c26-20-11-14-22(15-12-20)30-24(18-7-2-1-3-8-18)28-23(29-30)25(31)27-21-13-10-17-6-4-5-9-19(17)16-21/h1-16H,(H,27,31). The number of rotatable bonds is 4. The molecule has 0 radical (unpaired) electrons. The van der Waals surface area contributed by atoms with Crippen LogP contribution in [0.5, 0.6) is 0 Å². The van der Waals surface area contributed by atoms with Crippen molar-refractivity contribution in [3.05, 3.63) is 107 Å². The quantitative estimate of drug-likeness (QED) is 0.346. The molecule has 6 heteroatoms. The summed E-state index contributed by atoms with van der Waals surface area (Å²) in [5.41, 5.74) is 2.40. The van der Waals surface area contributed by atoms with Gasteiger partial charge in [0, 0.05) is 15.7 Å². The molecule has 0 spiro atoms. The Bertz CT molecular complexity index is 1380. The van der Waals surface area contributed by atoms with Crippen molar-refractivity contribution in [2.75, 3.05) is 5.32 Å². The second-order valence-electron chi connectivity index (χ2n) is 7.03. The minimum Gasteiger partial charge on any atom is -0.319 e. The largest absolute Gasteiger partial charge is 0.319 e. The van der Waals surface area contributed by atoms with E-state index in [2.05, 4.69) is 31.3 Å². The molecule has 5 rings (SSSR count). The first-order chi connectivity index (χ1) is 15.2.